The molecule has 0 fully saturated rings. The number of carboxylic acids is 2. The second-order valence-electron chi connectivity index (χ2n) is 11.1. The van der Waals surface area contributed by atoms with Gasteiger partial charge in [0.2, 0.25) is 11.8 Å². The molecule has 13 heteroatoms. The van der Waals surface area contributed by atoms with Gasteiger partial charge in [0.25, 0.3) is 11.8 Å². The molecule has 0 saturated carbocycles. The van der Waals surface area contributed by atoms with E-state index in [0.29, 0.717) is 12.8 Å². The Morgan fingerprint density at radius 1 is 0.643 bits per heavy atom. The zero-order valence-electron chi connectivity index (χ0n) is 25.2. The first-order chi connectivity index (χ1) is 19.7. The SMILES string of the molecule is CCCC(NC(=O)C(CC(C)C)NC(=O)c1cccc(C(=O)NC(CC(C)C)C(=O)NC(CCC)C(=O)O)n1)C(=O)O. The Morgan fingerprint density at radius 3 is 1.29 bits per heavy atom. The van der Waals surface area contributed by atoms with E-state index in [9.17, 15) is 39.0 Å². The van der Waals surface area contributed by atoms with Crippen LogP contribution in [0.1, 0.15) is 101 Å². The molecule has 0 aromatic carbocycles. The topological polar surface area (TPSA) is 204 Å². The standard InChI is InChI=1S/C29H45N5O8/c1-7-10-20(28(39)40)31-26(37)22(14-16(3)4)33-24(35)18-12-9-13-19(30-18)25(36)34-23(15-17(5)6)27(38)32-21(11-8-2)29(41)42/h9,12-13,16-17,20-23H,7-8,10-11,14-15H2,1-6H3,(H,31,37)(H,32,38)(H,33,35)(H,34,36)(H,39,40)(H,41,42). The van der Waals surface area contributed by atoms with Crippen molar-refractivity contribution < 1.29 is 39.0 Å². The van der Waals surface area contributed by atoms with Gasteiger partial charge in [0.15, 0.2) is 0 Å². The van der Waals surface area contributed by atoms with E-state index in [0.717, 1.165) is 0 Å². The van der Waals surface area contributed by atoms with Crippen LogP contribution in [0, 0.1) is 11.8 Å². The van der Waals surface area contributed by atoms with Crippen LogP contribution >= 0.6 is 0 Å². The van der Waals surface area contributed by atoms with Gasteiger partial charge in [-0.2, -0.15) is 0 Å². The predicted molar refractivity (Wildman–Crippen MR) is 155 cm³/mol. The first-order valence-electron chi connectivity index (χ1n) is 14.3. The number of aromatic nitrogens is 1. The van der Waals surface area contributed by atoms with Gasteiger partial charge in [-0.3, -0.25) is 19.2 Å². The fourth-order valence-corrected chi connectivity index (χ4v) is 4.19. The third-order valence-electron chi connectivity index (χ3n) is 6.26. The van der Waals surface area contributed by atoms with Gasteiger partial charge >= 0.3 is 11.9 Å². The van der Waals surface area contributed by atoms with E-state index in [2.05, 4.69) is 26.3 Å². The van der Waals surface area contributed by atoms with Crippen molar-refractivity contribution in [3.8, 4) is 0 Å². The van der Waals surface area contributed by atoms with Crippen LogP contribution in [-0.2, 0) is 19.2 Å². The Kier molecular flexibility index (Phi) is 15.2. The average molecular weight is 592 g/mol. The summed E-state index contributed by atoms with van der Waals surface area (Å²) in [6, 6.07) is -0.136. The molecule has 0 aliphatic heterocycles. The first-order valence-corrected chi connectivity index (χ1v) is 14.3. The fourth-order valence-electron chi connectivity index (χ4n) is 4.19. The highest BCUT2D eigenvalue weighted by molar-refractivity contribution is 6.00. The molecule has 1 rings (SSSR count). The molecule has 1 heterocycles. The molecule has 13 nitrogen and oxygen atoms in total. The summed E-state index contributed by atoms with van der Waals surface area (Å²) in [7, 11) is 0. The maximum absolute atomic E-state index is 13.1. The van der Waals surface area contributed by atoms with E-state index in [1.54, 1.807) is 13.8 Å². The van der Waals surface area contributed by atoms with Crippen LogP contribution < -0.4 is 21.3 Å². The molecule has 4 amide bonds. The summed E-state index contributed by atoms with van der Waals surface area (Å²) >= 11 is 0. The monoisotopic (exact) mass is 591 g/mol. The number of rotatable bonds is 18. The number of hydrogen-bond donors (Lipinski definition) is 6. The van der Waals surface area contributed by atoms with Crippen molar-refractivity contribution in [3.05, 3.63) is 29.6 Å². The Morgan fingerprint density at radius 2 is 1.00 bits per heavy atom. The molecule has 0 spiro atoms. The van der Waals surface area contributed by atoms with Gasteiger partial charge in [0.1, 0.15) is 35.6 Å². The molecule has 0 aliphatic carbocycles. The minimum absolute atomic E-state index is 0.0114. The molecule has 42 heavy (non-hydrogen) atoms. The molecule has 0 aliphatic rings. The highest BCUT2D eigenvalue weighted by atomic mass is 16.4. The molecule has 4 unspecified atom stereocenters. The van der Waals surface area contributed by atoms with Crippen LogP contribution in [0.3, 0.4) is 0 Å². The Bertz CT molecular complexity index is 1030. The van der Waals surface area contributed by atoms with Gasteiger partial charge < -0.3 is 31.5 Å². The number of carboxylic acid groups (broad SMARTS) is 2. The summed E-state index contributed by atoms with van der Waals surface area (Å²) in [6.07, 6.45) is 2.00. The van der Waals surface area contributed by atoms with Crippen LogP contribution in [0.15, 0.2) is 18.2 Å². The van der Waals surface area contributed by atoms with E-state index in [-0.39, 0.29) is 48.9 Å². The smallest absolute Gasteiger partial charge is 0.326 e. The zero-order valence-corrected chi connectivity index (χ0v) is 25.2. The third-order valence-corrected chi connectivity index (χ3v) is 6.26. The maximum atomic E-state index is 13.1. The molecule has 234 valence electrons. The van der Waals surface area contributed by atoms with Crippen molar-refractivity contribution in [1.82, 2.24) is 26.3 Å². The van der Waals surface area contributed by atoms with Crippen molar-refractivity contribution in [2.24, 2.45) is 11.8 Å². The van der Waals surface area contributed by atoms with Gasteiger partial charge in [-0.15, -0.1) is 0 Å². The summed E-state index contributed by atoms with van der Waals surface area (Å²) < 4.78 is 0. The van der Waals surface area contributed by atoms with Crippen LogP contribution in [0.25, 0.3) is 0 Å². The van der Waals surface area contributed by atoms with Gasteiger partial charge in [-0.25, -0.2) is 14.6 Å². The number of hydrogen-bond acceptors (Lipinski definition) is 7. The maximum Gasteiger partial charge on any atom is 0.326 e. The van der Waals surface area contributed by atoms with Crippen LogP contribution in [0.2, 0.25) is 0 Å². The Hall–Kier alpha value is -4.03. The Balaban J connectivity index is 3.10. The predicted octanol–water partition coefficient (Wildman–Crippen LogP) is 2.11. The number of carbonyl (C=O) groups excluding carboxylic acids is 4. The number of carbonyl (C=O) groups is 6. The minimum atomic E-state index is -1.17. The van der Waals surface area contributed by atoms with Crippen molar-refractivity contribution in [2.45, 2.75) is 104 Å². The molecule has 0 radical (unpaired) electrons. The summed E-state index contributed by atoms with van der Waals surface area (Å²) in [5.74, 6) is -5.14. The lowest BCUT2D eigenvalue weighted by Crippen LogP contribution is -2.52. The largest absolute Gasteiger partial charge is 0.480 e. The van der Waals surface area contributed by atoms with Gasteiger partial charge in [-0.1, -0.05) is 60.5 Å². The van der Waals surface area contributed by atoms with Gasteiger partial charge in [0.05, 0.1) is 0 Å². The molecule has 1 aromatic rings. The highest BCUT2D eigenvalue weighted by Crippen LogP contribution is 2.11. The first kappa shape index (κ1) is 36.0. The van der Waals surface area contributed by atoms with Crippen LogP contribution in [-0.4, -0.2) is 74.9 Å². The summed E-state index contributed by atoms with van der Waals surface area (Å²) in [6.45, 7) is 11.0. The number of pyridine rings is 1. The second kappa shape index (κ2) is 17.7. The third kappa shape index (κ3) is 12.2. The second-order valence-corrected chi connectivity index (χ2v) is 11.1. The van der Waals surface area contributed by atoms with E-state index in [1.807, 2.05) is 27.7 Å². The summed E-state index contributed by atoms with van der Waals surface area (Å²) in [5.41, 5.74) is -0.322. The van der Waals surface area contributed by atoms with Crippen molar-refractivity contribution in [2.75, 3.05) is 0 Å². The highest BCUT2D eigenvalue weighted by Gasteiger charge is 2.29. The Labute approximate surface area is 246 Å². The fraction of sp³-hybridized carbons (Fsp3) is 0.621. The van der Waals surface area contributed by atoms with E-state index in [4.69, 9.17) is 0 Å². The van der Waals surface area contributed by atoms with E-state index < -0.39 is 59.7 Å². The van der Waals surface area contributed by atoms with Crippen molar-refractivity contribution in [1.29, 1.82) is 0 Å². The quantitative estimate of drug-likeness (QED) is 0.148. The molecule has 0 bridgehead atoms. The molecule has 0 saturated heterocycles. The number of nitrogens with one attached hydrogen (secondary N) is 4. The molecular weight excluding hydrogens is 546 g/mol. The number of aliphatic carboxylic acids is 2. The molecule has 4 atom stereocenters. The normalized spacial score (nSPS) is 13.9. The lowest BCUT2D eigenvalue weighted by atomic mass is 10.0. The van der Waals surface area contributed by atoms with Gasteiger partial charge in [0, 0.05) is 0 Å². The lowest BCUT2D eigenvalue weighted by Gasteiger charge is -2.23. The van der Waals surface area contributed by atoms with Gasteiger partial charge in [-0.05, 0) is 49.7 Å². The minimum Gasteiger partial charge on any atom is -0.480 e. The zero-order chi connectivity index (χ0) is 32.0. The van der Waals surface area contributed by atoms with Crippen molar-refractivity contribution in [3.63, 3.8) is 0 Å². The van der Waals surface area contributed by atoms with Crippen LogP contribution in [0.5, 0.6) is 0 Å². The van der Waals surface area contributed by atoms with Crippen LogP contribution in [0.4, 0.5) is 0 Å². The lowest BCUT2D eigenvalue weighted by molar-refractivity contribution is -0.142. The number of nitrogens with zero attached hydrogens (tertiary/aromatic N) is 1. The molecular formula is C29H45N5O8. The van der Waals surface area contributed by atoms with Crippen molar-refractivity contribution >= 4 is 35.6 Å². The average Bonchev–Trinajstić information content (AvgIpc) is 2.90. The summed E-state index contributed by atoms with van der Waals surface area (Å²) in [4.78, 5) is 79.0. The van der Waals surface area contributed by atoms with E-state index in [1.165, 1.54) is 18.2 Å². The summed E-state index contributed by atoms with van der Waals surface area (Å²) in [5, 5.41) is 28.9. The molecule has 1 aromatic heterocycles. The molecule has 6 N–H and O–H groups in total. The van der Waals surface area contributed by atoms with E-state index >= 15 is 0 Å². The number of amides is 4.